The normalized spacial score (nSPS) is 16.9. The fourth-order valence-corrected chi connectivity index (χ4v) is 2.80. The molecule has 1 atom stereocenters. The van der Waals surface area contributed by atoms with E-state index in [1.165, 1.54) is 11.1 Å². The summed E-state index contributed by atoms with van der Waals surface area (Å²) >= 11 is 0. The van der Waals surface area contributed by atoms with Gasteiger partial charge in [0.1, 0.15) is 5.75 Å². The van der Waals surface area contributed by atoms with Crippen molar-refractivity contribution in [1.82, 2.24) is 10.6 Å². The van der Waals surface area contributed by atoms with E-state index in [1.54, 1.807) is 0 Å². The molecule has 0 radical (unpaired) electrons. The van der Waals surface area contributed by atoms with Gasteiger partial charge in [-0.05, 0) is 56.5 Å². The van der Waals surface area contributed by atoms with E-state index in [9.17, 15) is 4.79 Å². The van der Waals surface area contributed by atoms with Gasteiger partial charge in [0.05, 0.1) is 13.0 Å². The predicted octanol–water partition coefficient (Wildman–Crippen LogP) is 2.58. The quantitative estimate of drug-likeness (QED) is 0.811. The number of aryl methyl sites for hydroxylation is 1. The number of nitrogens with one attached hydrogen (secondary N) is 2. The SMILES string of the molecule is CCNC1CCc2cc(OCCC(=O)NC(C)C)ccc21. The third-order valence-corrected chi connectivity index (χ3v) is 3.69. The van der Waals surface area contributed by atoms with Crippen LogP contribution >= 0.6 is 0 Å². The van der Waals surface area contributed by atoms with Gasteiger partial charge in [-0.15, -0.1) is 0 Å². The molecule has 1 aromatic carbocycles. The van der Waals surface area contributed by atoms with Crippen LogP contribution in [-0.4, -0.2) is 25.1 Å². The van der Waals surface area contributed by atoms with Crippen molar-refractivity contribution in [3.05, 3.63) is 29.3 Å². The zero-order valence-corrected chi connectivity index (χ0v) is 13.2. The van der Waals surface area contributed by atoms with Crippen molar-refractivity contribution in [1.29, 1.82) is 0 Å². The fourth-order valence-electron chi connectivity index (χ4n) is 2.80. The zero-order chi connectivity index (χ0) is 15.2. The molecule has 21 heavy (non-hydrogen) atoms. The predicted molar refractivity (Wildman–Crippen MR) is 84.6 cm³/mol. The number of fused-ring (bicyclic) bond motifs is 1. The van der Waals surface area contributed by atoms with Gasteiger partial charge in [-0.25, -0.2) is 0 Å². The van der Waals surface area contributed by atoms with Gasteiger partial charge in [-0.3, -0.25) is 4.79 Å². The summed E-state index contributed by atoms with van der Waals surface area (Å²) in [6, 6.07) is 6.94. The zero-order valence-electron chi connectivity index (χ0n) is 13.2. The molecule has 116 valence electrons. The Balaban J connectivity index is 1.85. The van der Waals surface area contributed by atoms with E-state index < -0.39 is 0 Å². The highest BCUT2D eigenvalue weighted by Crippen LogP contribution is 2.33. The second-order valence-corrected chi connectivity index (χ2v) is 5.83. The number of hydrogen-bond acceptors (Lipinski definition) is 3. The molecule has 0 bridgehead atoms. The van der Waals surface area contributed by atoms with Crippen molar-refractivity contribution in [3.8, 4) is 5.75 Å². The van der Waals surface area contributed by atoms with Crippen LogP contribution in [0.4, 0.5) is 0 Å². The number of carbonyl (C=O) groups excluding carboxylic acids is 1. The van der Waals surface area contributed by atoms with Gasteiger partial charge < -0.3 is 15.4 Å². The van der Waals surface area contributed by atoms with E-state index in [1.807, 2.05) is 19.9 Å². The molecule has 4 nitrogen and oxygen atoms in total. The summed E-state index contributed by atoms with van der Waals surface area (Å²) in [4.78, 5) is 11.5. The molecule has 1 aromatic rings. The van der Waals surface area contributed by atoms with Crippen LogP contribution in [0.15, 0.2) is 18.2 Å². The van der Waals surface area contributed by atoms with Crippen molar-refractivity contribution in [2.45, 2.75) is 52.1 Å². The van der Waals surface area contributed by atoms with Crippen molar-refractivity contribution in [2.24, 2.45) is 0 Å². The molecule has 0 saturated heterocycles. The van der Waals surface area contributed by atoms with Gasteiger partial charge in [-0.1, -0.05) is 13.0 Å². The van der Waals surface area contributed by atoms with Gasteiger partial charge >= 0.3 is 0 Å². The van der Waals surface area contributed by atoms with Crippen molar-refractivity contribution in [2.75, 3.05) is 13.2 Å². The van der Waals surface area contributed by atoms with Gasteiger partial charge in [-0.2, -0.15) is 0 Å². The molecule has 1 amide bonds. The van der Waals surface area contributed by atoms with Crippen LogP contribution in [0.25, 0.3) is 0 Å². The van der Waals surface area contributed by atoms with Gasteiger partial charge in [0.15, 0.2) is 0 Å². The molecule has 1 aliphatic carbocycles. The minimum absolute atomic E-state index is 0.0402. The Kier molecular flexibility index (Phi) is 5.62. The first kappa shape index (κ1) is 15.8. The Morgan fingerprint density at radius 3 is 2.95 bits per heavy atom. The summed E-state index contributed by atoms with van der Waals surface area (Å²) in [7, 11) is 0. The minimum Gasteiger partial charge on any atom is -0.493 e. The van der Waals surface area contributed by atoms with Crippen LogP contribution in [0.5, 0.6) is 5.75 Å². The molecule has 2 rings (SSSR count). The average molecular weight is 290 g/mol. The van der Waals surface area contributed by atoms with Gasteiger partial charge in [0, 0.05) is 12.1 Å². The van der Waals surface area contributed by atoms with Gasteiger partial charge in [0.2, 0.25) is 5.91 Å². The molecule has 2 N–H and O–H groups in total. The first-order chi connectivity index (χ1) is 10.1. The number of carbonyl (C=O) groups is 1. The Morgan fingerprint density at radius 1 is 1.43 bits per heavy atom. The van der Waals surface area contributed by atoms with Crippen molar-refractivity contribution in [3.63, 3.8) is 0 Å². The van der Waals surface area contributed by atoms with Crippen molar-refractivity contribution >= 4 is 5.91 Å². The average Bonchev–Trinajstić information content (AvgIpc) is 2.81. The highest BCUT2D eigenvalue weighted by Gasteiger charge is 2.21. The van der Waals surface area contributed by atoms with Gasteiger partial charge in [0.25, 0.3) is 0 Å². The number of ether oxygens (including phenoxy) is 1. The first-order valence-electron chi connectivity index (χ1n) is 7.88. The van der Waals surface area contributed by atoms with E-state index >= 15 is 0 Å². The monoisotopic (exact) mass is 290 g/mol. The van der Waals surface area contributed by atoms with Crippen LogP contribution < -0.4 is 15.4 Å². The summed E-state index contributed by atoms with van der Waals surface area (Å²) in [5.41, 5.74) is 2.76. The number of rotatable bonds is 7. The van der Waals surface area contributed by atoms with E-state index in [0.717, 1.165) is 25.1 Å². The van der Waals surface area contributed by atoms with E-state index in [0.29, 0.717) is 19.1 Å². The van der Waals surface area contributed by atoms with Crippen molar-refractivity contribution < 1.29 is 9.53 Å². The van der Waals surface area contributed by atoms with E-state index in [4.69, 9.17) is 4.74 Å². The molecule has 0 aliphatic heterocycles. The standard InChI is InChI=1S/C17H26N2O2/c1-4-18-16-8-5-13-11-14(6-7-15(13)16)21-10-9-17(20)19-12(2)3/h6-7,11-12,16,18H,4-5,8-10H2,1-3H3,(H,19,20). The van der Waals surface area contributed by atoms with Crippen LogP contribution in [0.2, 0.25) is 0 Å². The molecule has 0 aromatic heterocycles. The second kappa shape index (κ2) is 7.46. The number of hydrogen-bond donors (Lipinski definition) is 2. The molecule has 0 heterocycles. The molecule has 0 fully saturated rings. The summed E-state index contributed by atoms with van der Waals surface area (Å²) in [5, 5.41) is 6.37. The lowest BCUT2D eigenvalue weighted by molar-refractivity contribution is -0.122. The maximum Gasteiger partial charge on any atom is 0.223 e. The Hall–Kier alpha value is -1.55. The van der Waals surface area contributed by atoms with Crippen LogP contribution in [-0.2, 0) is 11.2 Å². The molecular weight excluding hydrogens is 264 g/mol. The topological polar surface area (TPSA) is 50.4 Å². The minimum atomic E-state index is 0.0402. The molecule has 1 aliphatic rings. The lowest BCUT2D eigenvalue weighted by atomic mass is 10.1. The van der Waals surface area contributed by atoms with E-state index in [2.05, 4.69) is 29.7 Å². The van der Waals surface area contributed by atoms with Crippen LogP contribution in [0.1, 0.15) is 50.8 Å². The summed E-state index contributed by atoms with van der Waals surface area (Å²) in [6.07, 6.45) is 2.65. The third-order valence-electron chi connectivity index (χ3n) is 3.69. The Labute approximate surface area is 127 Å². The highest BCUT2D eigenvalue weighted by molar-refractivity contribution is 5.76. The molecular formula is C17H26N2O2. The highest BCUT2D eigenvalue weighted by atomic mass is 16.5. The van der Waals surface area contributed by atoms with Crippen LogP contribution in [0, 0.1) is 0 Å². The maximum absolute atomic E-state index is 11.5. The second-order valence-electron chi connectivity index (χ2n) is 5.83. The van der Waals surface area contributed by atoms with Crippen LogP contribution in [0.3, 0.4) is 0 Å². The Bertz CT molecular complexity index is 486. The molecule has 0 spiro atoms. The largest absolute Gasteiger partial charge is 0.493 e. The molecule has 1 unspecified atom stereocenters. The Morgan fingerprint density at radius 2 is 2.24 bits per heavy atom. The number of amides is 1. The summed E-state index contributed by atoms with van der Waals surface area (Å²) in [6.45, 7) is 7.47. The summed E-state index contributed by atoms with van der Waals surface area (Å²) < 4.78 is 5.70. The fraction of sp³-hybridized carbons (Fsp3) is 0.588. The third kappa shape index (κ3) is 4.46. The molecule has 0 saturated carbocycles. The lowest BCUT2D eigenvalue weighted by Gasteiger charge is -2.13. The lowest BCUT2D eigenvalue weighted by Crippen LogP contribution is -2.31. The first-order valence-corrected chi connectivity index (χ1v) is 7.88. The van der Waals surface area contributed by atoms with E-state index in [-0.39, 0.29) is 11.9 Å². The summed E-state index contributed by atoms with van der Waals surface area (Å²) in [5.74, 6) is 0.904. The number of benzene rings is 1. The molecule has 4 heteroatoms. The smallest absolute Gasteiger partial charge is 0.223 e. The maximum atomic E-state index is 11.5.